The molecule has 1 aromatic carbocycles. The van der Waals surface area contributed by atoms with Gasteiger partial charge in [-0.25, -0.2) is 4.79 Å². The van der Waals surface area contributed by atoms with Crippen molar-refractivity contribution >= 4 is 11.9 Å². The van der Waals surface area contributed by atoms with Crippen molar-refractivity contribution < 1.29 is 19.4 Å². The SMILES string of the molecule is CC(C)(C(N)=O)c1cccc(OCC(=O)O)c1. The fourth-order valence-corrected chi connectivity index (χ4v) is 1.26. The Hall–Kier alpha value is -2.04. The van der Waals surface area contributed by atoms with Crippen molar-refractivity contribution in [2.45, 2.75) is 19.3 Å². The Morgan fingerprint density at radius 2 is 2.06 bits per heavy atom. The van der Waals surface area contributed by atoms with Gasteiger partial charge in [-0.05, 0) is 31.5 Å². The van der Waals surface area contributed by atoms with Gasteiger partial charge in [-0.2, -0.15) is 0 Å². The van der Waals surface area contributed by atoms with E-state index in [0.717, 1.165) is 0 Å². The first kappa shape index (κ1) is 13.0. The summed E-state index contributed by atoms with van der Waals surface area (Å²) in [5.41, 5.74) is 5.17. The zero-order valence-corrected chi connectivity index (χ0v) is 9.77. The van der Waals surface area contributed by atoms with E-state index in [1.54, 1.807) is 38.1 Å². The predicted molar refractivity (Wildman–Crippen MR) is 61.8 cm³/mol. The Morgan fingerprint density at radius 3 is 2.59 bits per heavy atom. The molecule has 0 aliphatic carbocycles. The highest BCUT2D eigenvalue weighted by molar-refractivity contribution is 5.85. The number of primary amides is 1. The molecule has 1 rings (SSSR count). The van der Waals surface area contributed by atoms with Crippen molar-refractivity contribution in [3.8, 4) is 5.75 Å². The van der Waals surface area contributed by atoms with E-state index in [4.69, 9.17) is 15.6 Å². The van der Waals surface area contributed by atoms with Gasteiger partial charge in [-0.3, -0.25) is 4.79 Å². The lowest BCUT2D eigenvalue weighted by atomic mass is 9.84. The number of hydrogen-bond donors (Lipinski definition) is 2. The maximum atomic E-state index is 11.3. The largest absolute Gasteiger partial charge is 0.482 e. The van der Waals surface area contributed by atoms with Crippen LogP contribution in [0, 0.1) is 0 Å². The molecule has 5 heteroatoms. The summed E-state index contributed by atoms with van der Waals surface area (Å²) < 4.78 is 5.03. The van der Waals surface area contributed by atoms with Crippen molar-refractivity contribution in [3.05, 3.63) is 29.8 Å². The summed E-state index contributed by atoms with van der Waals surface area (Å²) in [6, 6.07) is 6.69. The minimum atomic E-state index is -1.05. The molecular formula is C12H15NO4. The molecule has 0 spiro atoms. The minimum absolute atomic E-state index is 0.402. The molecule has 5 nitrogen and oxygen atoms in total. The monoisotopic (exact) mass is 237 g/mol. The van der Waals surface area contributed by atoms with Crippen LogP contribution in [-0.2, 0) is 15.0 Å². The summed E-state index contributed by atoms with van der Waals surface area (Å²) in [6.07, 6.45) is 0. The molecule has 0 heterocycles. The number of rotatable bonds is 5. The van der Waals surface area contributed by atoms with Crippen molar-refractivity contribution in [2.75, 3.05) is 6.61 Å². The van der Waals surface area contributed by atoms with Crippen molar-refractivity contribution in [1.82, 2.24) is 0 Å². The molecule has 0 aromatic heterocycles. The predicted octanol–water partition coefficient (Wildman–Crippen LogP) is 0.913. The lowest BCUT2D eigenvalue weighted by Crippen LogP contribution is -2.35. The lowest BCUT2D eigenvalue weighted by molar-refractivity contribution is -0.139. The average Bonchev–Trinajstić information content (AvgIpc) is 2.26. The number of aliphatic carboxylic acids is 1. The fraction of sp³-hybridized carbons (Fsp3) is 0.333. The van der Waals surface area contributed by atoms with Crippen LogP contribution >= 0.6 is 0 Å². The first-order valence-electron chi connectivity index (χ1n) is 5.09. The van der Waals surface area contributed by atoms with Gasteiger partial charge >= 0.3 is 5.97 Å². The fourth-order valence-electron chi connectivity index (χ4n) is 1.26. The highest BCUT2D eigenvalue weighted by Gasteiger charge is 2.27. The zero-order chi connectivity index (χ0) is 13.1. The van der Waals surface area contributed by atoms with Crippen LogP contribution in [-0.4, -0.2) is 23.6 Å². The smallest absolute Gasteiger partial charge is 0.341 e. The summed E-state index contributed by atoms with van der Waals surface area (Å²) in [6.45, 7) is 2.98. The van der Waals surface area contributed by atoms with Crippen LogP contribution in [0.2, 0.25) is 0 Å². The Morgan fingerprint density at radius 1 is 1.41 bits per heavy atom. The second kappa shape index (κ2) is 4.86. The Bertz CT molecular complexity index is 440. The van der Waals surface area contributed by atoms with Crippen LogP contribution in [0.3, 0.4) is 0 Å². The molecular weight excluding hydrogens is 222 g/mol. The molecule has 0 fully saturated rings. The van der Waals surface area contributed by atoms with E-state index in [9.17, 15) is 9.59 Å². The van der Waals surface area contributed by atoms with Crippen LogP contribution in [0.4, 0.5) is 0 Å². The third-order valence-electron chi connectivity index (χ3n) is 2.53. The molecule has 0 atom stereocenters. The second-order valence-electron chi connectivity index (χ2n) is 4.20. The van der Waals surface area contributed by atoms with Crippen LogP contribution in [0.5, 0.6) is 5.75 Å². The number of hydrogen-bond acceptors (Lipinski definition) is 3. The zero-order valence-electron chi connectivity index (χ0n) is 9.77. The molecule has 17 heavy (non-hydrogen) atoms. The Balaban J connectivity index is 2.93. The maximum Gasteiger partial charge on any atom is 0.341 e. The average molecular weight is 237 g/mol. The van der Waals surface area contributed by atoms with Gasteiger partial charge in [-0.1, -0.05) is 12.1 Å². The normalized spacial score (nSPS) is 10.9. The van der Waals surface area contributed by atoms with Crippen LogP contribution in [0.15, 0.2) is 24.3 Å². The molecule has 1 amide bonds. The van der Waals surface area contributed by atoms with Crippen LogP contribution < -0.4 is 10.5 Å². The van der Waals surface area contributed by atoms with Crippen molar-refractivity contribution in [1.29, 1.82) is 0 Å². The Labute approximate surface area is 99.2 Å². The summed E-state index contributed by atoms with van der Waals surface area (Å²) in [5.74, 6) is -1.10. The first-order valence-corrected chi connectivity index (χ1v) is 5.09. The van der Waals surface area contributed by atoms with Crippen LogP contribution in [0.1, 0.15) is 19.4 Å². The van der Waals surface area contributed by atoms with E-state index >= 15 is 0 Å². The number of nitrogens with two attached hydrogens (primary N) is 1. The summed E-state index contributed by atoms with van der Waals surface area (Å²) >= 11 is 0. The second-order valence-corrected chi connectivity index (χ2v) is 4.20. The third-order valence-corrected chi connectivity index (χ3v) is 2.53. The number of benzene rings is 1. The molecule has 0 radical (unpaired) electrons. The van der Waals surface area contributed by atoms with Gasteiger partial charge in [0.2, 0.25) is 5.91 Å². The van der Waals surface area contributed by atoms with E-state index in [0.29, 0.717) is 11.3 Å². The molecule has 0 unspecified atom stereocenters. The van der Waals surface area contributed by atoms with Gasteiger partial charge in [0.25, 0.3) is 0 Å². The number of carbonyl (C=O) groups excluding carboxylic acids is 1. The number of amides is 1. The molecule has 0 saturated carbocycles. The minimum Gasteiger partial charge on any atom is -0.482 e. The number of carboxylic acids is 1. The maximum absolute atomic E-state index is 11.3. The molecule has 0 aliphatic rings. The first-order chi connectivity index (χ1) is 7.84. The van der Waals surface area contributed by atoms with Gasteiger partial charge in [0, 0.05) is 0 Å². The van der Waals surface area contributed by atoms with E-state index in [2.05, 4.69) is 0 Å². The van der Waals surface area contributed by atoms with E-state index in [1.165, 1.54) is 0 Å². The molecule has 0 bridgehead atoms. The van der Waals surface area contributed by atoms with E-state index in [1.807, 2.05) is 0 Å². The van der Waals surface area contributed by atoms with Crippen molar-refractivity contribution in [3.63, 3.8) is 0 Å². The van der Waals surface area contributed by atoms with Gasteiger partial charge in [-0.15, -0.1) is 0 Å². The molecule has 3 N–H and O–H groups in total. The summed E-state index contributed by atoms with van der Waals surface area (Å²) in [7, 11) is 0. The third kappa shape index (κ3) is 3.21. The number of carboxylic acid groups (broad SMARTS) is 1. The number of carbonyl (C=O) groups is 2. The standard InChI is InChI=1S/C12H15NO4/c1-12(2,11(13)16)8-4-3-5-9(6-8)17-7-10(14)15/h3-6H,7H2,1-2H3,(H2,13,16)(H,14,15). The Kier molecular flexibility index (Phi) is 3.73. The highest BCUT2D eigenvalue weighted by atomic mass is 16.5. The van der Waals surface area contributed by atoms with Gasteiger partial charge in [0.1, 0.15) is 5.75 Å². The van der Waals surface area contributed by atoms with E-state index < -0.39 is 23.9 Å². The quantitative estimate of drug-likeness (QED) is 0.796. The van der Waals surface area contributed by atoms with Gasteiger partial charge in [0.15, 0.2) is 6.61 Å². The molecule has 92 valence electrons. The van der Waals surface area contributed by atoms with Crippen molar-refractivity contribution in [2.24, 2.45) is 5.73 Å². The molecule has 1 aromatic rings. The lowest BCUT2D eigenvalue weighted by Gasteiger charge is -2.21. The number of ether oxygens (including phenoxy) is 1. The van der Waals surface area contributed by atoms with Crippen LogP contribution in [0.25, 0.3) is 0 Å². The topological polar surface area (TPSA) is 89.6 Å². The summed E-state index contributed by atoms with van der Waals surface area (Å²) in [5, 5.41) is 8.49. The highest BCUT2D eigenvalue weighted by Crippen LogP contribution is 2.26. The van der Waals surface area contributed by atoms with Gasteiger partial charge in [0.05, 0.1) is 5.41 Å². The molecule has 0 saturated heterocycles. The molecule has 0 aliphatic heterocycles. The summed E-state index contributed by atoms with van der Waals surface area (Å²) in [4.78, 5) is 21.6. The van der Waals surface area contributed by atoms with E-state index in [-0.39, 0.29) is 0 Å². The van der Waals surface area contributed by atoms with Gasteiger partial charge < -0.3 is 15.6 Å².